The number of aromatic nitrogens is 2. The monoisotopic (exact) mass is 277 g/mol. The summed E-state index contributed by atoms with van der Waals surface area (Å²) in [4.78, 5) is 10.1. The fourth-order valence-electron chi connectivity index (χ4n) is 1.81. The predicted molar refractivity (Wildman–Crippen MR) is 78.2 cm³/mol. The zero-order valence-electron chi connectivity index (χ0n) is 11.6. The van der Waals surface area contributed by atoms with Crippen LogP contribution in [0.4, 0.5) is 0 Å². The Morgan fingerprint density at radius 2 is 2.26 bits per heavy atom. The van der Waals surface area contributed by atoms with E-state index in [9.17, 15) is 0 Å². The molecular formula is C14H19N3OS. The average molecular weight is 277 g/mol. The normalized spacial score (nSPS) is 10.9. The Labute approximate surface area is 117 Å². The fourth-order valence-corrected chi connectivity index (χ4v) is 2.92. The summed E-state index contributed by atoms with van der Waals surface area (Å²) in [5, 5.41) is 4.36. The van der Waals surface area contributed by atoms with Crippen LogP contribution in [-0.2, 0) is 17.9 Å². The van der Waals surface area contributed by atoms with E-state index in [0.717, 1.165) is 29.4 Å². The van der Waals surface area contributed by atoms with Crippen molar-refractivity contribution in [3.8, 4) is 10.6 Å². The second-order valence-corrected chi connectivity index (χ2v) is 5.38. The summed E-state index contributed by atoms with van der Waals surface area (Å²) in [6.45, 7) is 6.52. The highest BCUT2D eigenvalue weighted by Gasteiger charge is 2.13. The fraction of sp³-hybridized carbons (Fsp3) is 0.429. The summed E-state index contributed by atoms with van der Waals surface area (Å²) in [6.07, 6.45) is 3.68. The van der Waals surface area contributed by atoms with Gasteiger partial charge in [0.1, 0.15) is 5.01 Å². The molecule has 2 aromatic heterocycles. The zero-order valence-corrected chi connectivity index (χ0v) is 12.4. The van der Waals surface area contributed by atoms with Crippen LogP contribution in [0.2, 0.25) is 0 Å². The third kappa shape index (κ3) is 3.37. The van der Waals surface area contributed by atoms with E-state index in [2.05, 4.69) is 24.1 Å². The maximum atomic E-state index is 5.23. The van der Waals surface area contributed by atoms with E-state index in [1.165, 1.54) is 10.4 Å². The second kappa shape index (κ2) is 6.75. The molecule has 0 fully saturated rings. The number of pyridine rings is 1. The van der Waals surface area contributed by atoms with Crippen molar-refractivity contribution in [2.45, 2.75) is 27.0 Å². The molecule has 0 saturated carbocycles. The van der Waals surface area contributed by atoms with E-state index >= 15 is 0 Å². The number of aryl methyl sites for hydroxylation is 1. The molecule has 102 valence electrons. The average Bonchev–Trinajstić information content (AvgIpc) is 2.80. The quantitative estimate of drug-likeness (QED) is 0.882. The number of hydrogen-bond acceptors (Lipinski definition) is 5. The molecular weight excluding hydrogens is 258 g/mol. The van der Waals surface area contributed by atoms with E-state index < -0.39 is 0 Å². The van der Waals surface area contributed by atoms with Gasteiger partial charge < -0.3 is 10.1 Å². The first-order chi connectivity index (χ1) is 9.26. The van der Waals surface area contributed by atoms with E-state index in [-0.39, 0.29) is 0 Å². The zero-order chi connectivity index (χ0) is 13.7. The molecule has 2 heterocycles. The lowest BCUT2D eigenvalue weighted by atomic mass is 10.2. The lowest BCUT2D eigenvalue weighted by Gasteiger charge is -2.00. The number of thiazole rings is 1. The number of nitrogens with zero attached hydrogens (tertiary/aromatic N) is 2. The van der Waals surface area contributed by atoms with Crippen LogP contribution < -0.4 is 5.32 Å². The minimum absolute atomic E-state index is 0.552. The Kier molecular flexibility index (Phi) is 5.01. The highest BCUT2D eigenvalue weighted by atomic mass is 32.1. The standard InChI is InChI=1S/C14H19N3OS/c1-4-15-8-13-12(9-18-3)17-14(19-13)11-7-16-6-5-10(11)2/h5-7,15H,4,8-9H2,1-3H3. The molecule has 0 amide bonds. The molecule has 0 aliphatic carbocycles. The molecule has 2 aromatic rings. The molecule has 19 heavy (non-hydrogen) atoms. The number of nitrogens with one attached hydrogen (secondary N) is 1. The summed E-state index contributed by atoms with van der Waals surface area (Å²) in [5.74, 6) is 0. The van der Waals surface area contributed by atoms with Crippen molar-refractivity contribution in [3.05, 3.63) is 34.6 Å². The predicted octanol–water partition coefficient (Wildman–Crippen LogP) is 2.77. The Balaban J connectivity index is 2.34. The lowest BCUT2D eigenvalue weighted by Crippen LogP contribution is -2.12. The maximum Gasteiger partial charge on any atom is 0.125 e. The molecule has 1 N–H and O–H groups in total. The summed E-state index contributed by atoms with van der Waals surface area (Å²) < 4.78 is 5.23. The van der Waals surface area contributed by atoms with Gasteiger partial charge in [0.25, 0.3) is 0 Å². The second-order valence-electron chi connectivity index (χ2n) is 4.29. The van der Waals surface area contributed by atoms with Gasteiger partial charge in [0.15, 0.2) is 0 Å². The highest BCUT2D eigenvalue weighted by Crippen LogP contribution is 2.30. The van der Waals surface area contributed by atoms with Gasteiger partial charge in [0.05, 0.1) is 12.3 Å². The molecule has 2 rings (SSSR count). The van der Waals surface area contributed by atoms with Gasteiger partial charge in [0.2, 0.25) is 0 Å². The van der Waals surface area contributed by atoms with Crippen molar-refractivity contribution in [1.29, 1.82) is 0 Å². The summed E-state index contributed by atoms with van der Waals surface area (Å²) >= 11 is 1.71. The van der Waals surface area contributed by atoms with E-state index in [1.807, 2.05) is 18.5 Å². The van der Waals surface area contributed by atoms with E-state index in [0.29, 0.717) is 6.61 Å². The largest absolute Gasteiger partial charge is 0.378 e. The first-order valence-electron chi connectivity index (χ1n) is 6.35. The maximum absolute atomic E-state index is 5.23. The molecule has 0 saturated heterocycles. The third-order valence-corrected chi connectivity index (χ3v) is 4.00. The molecule has 0 aromatic carbocycles. The van der Waals surface area contributed by atoms with Gasteiger partial charge >= 0.3 is 0 Å². The van der Waals surface area contributed by atoms with Gasteiger partial charge in [-0.15, -0.1) is 11.3 Å². The molecule has 4 nitrogen and oxygen atoms in total. The van der Waals surface area contributed by atoms with Crippen molar-refractivity contribution < 1.29 is 4.74 Å². The van der Waals surface area contributed by atoms with Crippen LogP contribution in [0.15, 0.2) is 18.5 Å². The van der Waals surface area contributed by atoms with Gasteiger partial charge in [-0.25, -0.2) is 4.98 Å². The van der Waals surface area contributed by atoms with Gasteiger partial charge in [-0.3, -0.25) is 4.98 Å². The molecule has 0 bridgehead atoms. The van der Waals surface area contributed by atoms with Gasteiger partial charge in [0, 0.05) is 36.5 Å². The van der Waals surface area contributed by atoms with Crippen molar-refractivity contribution >= 4 is 11.3 Å². The van der Waals surface area contributed by atoms with Crippen LogP contribution in [0.5, 0.6) is 0 Å². The SMILES string of the molecule is CCNCc1sc(-c2cnccc2C)nc1COC. The first-order valence-corrected chi connectivity index (χ1v) is 7.17. The van der Waals surface area contributed by atoms with Gasteiger partial charge in [-0.1, -0.05) is 6.92 Å². The van der Waals surface area contributed by atoms with Gasteiger partial charge in [-0.2, -0.15) is 0 Å². The molecule has 0 atom stereocenters. The van der Waals surface area contributed by atoms with Crippen LogP contribution in [0.3, 0.4) is 0 Å². The van der Waals surface area contributed by atoms with E-state index in [4.69, 9.17) is 9.72 Å². The number of methoxy groups -OCH3 is 1. The molecule has 0 aliphatic rings. The highest BCUT2D eigenvalue weighted by molar-refractivity contribution is 7.15. The Morgan fingerprint density at radius 1 is 1.42 bits per heavy atom. The van der Waals surface area contributed by atoms with Crippen LogP contribution in [0.1, 0.15) is 23.1 Å². The summed E-state index contributed by atoms with van der Waals surface area (Å²) in [7, 11) is 1.70. The minimum atomic E-state index is 0.552. The Bertz CT molecular complexity index is 539. The molecule has 0 radical (unpaired) electrons. The molecule has 5 heteroatoms. The number of hydrogen-bond donors (Lipinski definition) is 1. The summed E-state index contributed by atoms with van der Waals surface area (Å²) in [5.41, 5.74) is 3.32. The van der Waals surface area contributed by atoms with Crippen LogP contribution in [0, 0.1) is 6.92 Å². The van der Waals surface area contributed by atoms with Crippen molar-refractivity contribution in [2.75, 3.05) is 13.7 Å². The number of ether oxygens (including phenoxy) is 1. The molecule has 0 aliphatic heterocycles. The third-order valence-electron chi connectivity index (χ3n) is 2.86. The van der Waals surface area contributed by atoms with Crippen LogP contribution in [0.25, 0.3) is 10.6 Å². The van der Waals surface area contributed by atoms with E-state index in [1.54, 1.807) is 18.4 Å². The first kappa shape index (κ1) is 14.1. The minimum Gasteiger partial charge on any atom is -0.378 e. The van der Waals surface area contributed by atoms with Crippen LogP contribution in [-0.4, -0.2) is 23.6 Å². The van der Waals surface area contributed by atoms with Crippen molar-refractivity contribution in [3.63, 3.8) is 0 Å². The Hall–Kier alpha value is -1.30. The molecule has 0 unspecified atom stereocenters. The summed E-state index contributed by atoms with van der Waals surface area (Å²) in [6, 6.07) is 2.01. The Morgan fingerprint density at radius 3 is 2.95 bits per heavy atom. The smallest absolute Gasteiger partial charge is 0.125 e. The number of rotatable bonds is 6. The topological polar surface area (TPSA) is 47.0 Å². The van der Waals surface area contributed by atoms with Crippen LogP contribution >= 0.6 is 11.3 Å². The molecule has 0 spiro atoms. The lowest BCUT2D eigenvalue weighted by molar-refractivity contribution is 0.181. The van der Waals surface area contributed by atoms with Crippen molar-refractivity contribution in [1.82, 2.24) is 15.3 Å². The van der Waals surface area contributed by atoms with Gasteiger partial charge in [-0.05, 0) is 25.1 Å². The van der Waals surface area contributed by atoms with Crippen molar-refractivity contribution in [2.24, 2.45) is 0 Å².